The number of rotatable bonds is 3. The second-order valence-electron chi connectivity index (χ2n) is 3.37. The summed E-state index contributed by atoms with van der Waals surface area (Å²) in [5, 5.41) is 0. The SMILES string of the molecule is CN(C)S(=O)(=O)c1cc(Br)cc(CN)c1F. The Hall–Kier alpha value is -0.500. The van der Waals surface area contributed by atoms with Gasteiger partial charge in [-0.15, -0.1) is 0 Å². The van der Waals surface area contributed by atoms with Crippen molar-refractivity contribution < 1.29 is 12.8 Å². The van der Waals surface area contributed by atoms with Crippen LogP contribution in [0.15, 0.2) is 21.5 Å². The van der Waals surface area contributed by atoms with E-state index in [1.807, 2.05) is 0 Å². The maximum atomic E-state index is 13.8. The molecule has 0 radical (unpaired) electrons. The molecule has 0 aromatic heterocycles. The van der Waals surface area contributed by atoms with Crippen LogP contribution in [-0.4, -0.2) is 26.8 Å². The summed E-state index contributed by atoms with van der Waals surface area (Å²) in [6, 6.07) is 2.69. The van der Waals surface area contributed by atoms with Gasteiger partial charge in [-0.2, -0.15) is 0 Å². The lowest BCUT2D eigenvalue weighted by Gasteiger charge is -2.14. The van der Waals surface area contributed by atoms with Crippen LogP contribution in [0.25, 0.3) is 0 Å². The van der Waals surface area contributed by atoms with Gasteiger partial charge in [0.1, 0.15) is 10.7 Å². The molecule has 7 heteroatoms. The predicted molar refractivity (Wildman–Crippen MR) is 62.9 cm³/mol. The number of hydrogen-bond donors (Lipinski definition) is 1. The van der Waals surface area contributed by atoms with Crippen LogP contribution in [0.3, 0.4) is 0 Å². The fraction of sp³-hybridized carbons (Fsp3) is 0.333. The molecule has 0 fully saturated rings. The Morgan fingerprint density at radius 1 is 1.44 bits per heavy atom. The Morgan fingerprint density at radius 2 is 2.00 bits per heavy atom. The van der Waals surface area contributed by atoms with Gasteiger partial charge in [0.15, 0.2) is 0 Å². The average molecular weight is 311 g/mol. The van der Waals surface area contributed by atoms with Crippen LogP contribution in [0.5, 0.6) is 0 Å². The molecule has 0 atom stereocenters. The summed E-state index contributed by atoms with van der Waals surface area (Å²) in [5.74, 6) is -0.792. The molecule has 0 saturated carbocycles. The van der Waals surface area contributed by atoms with Gasteiger partial charge in [-0.1, -0.05) is 15.9 Å². The molecule has 1 aromatic rings. The van der Waals surface area contributed by atoms with Crippen LogP contribution >= 0.6 is 15.9 Å². The molecule has 0 aliphatic rings. The highest BCUT2D eigenvalue weighted by atomic mass is 79.9. The molecule has 2 N–H and O–H groups in total. The van der Waals surface area contributed by atoms with Crippen molar-refractivity contribution in [1.29, 1.82) is 0 Å². The number of benzene rings is 1. The average Bonchev–Trinajstić information content (AvgIpc) is 2.20. The van der Waals surface area contributed by atoms with Gasteiger partial charge in [-0.25, -0.2) is 17.1 Å². The molecule has 0 unspecified atom stereocenters. The Labute approximate surface area is 102 Å². The summed E-state index contributed by atoms with van der Waals surface area (Å²) >= 11 is 3.12. The number of nitrogens with zero attached hydrogens (tertiary/aromatic N) is 1. The third kappa shape index (κ3) is 2.42. The van der Waals surface area contributed by atoms with E-state index in [-0.39, 0.29) is 17.0 Å². The molecule has 4 nitrogen and oxygen atoms in total. The van der Waals surface area contributed by atoms with Crippen LogP contribution < -0.4 is 5.73 Å². The summed E-state index contributed by atoms with van der Waals surface area (Å²) in [6.07, 6.45) is 0. The normalized spacial score (nSPS) is 12.1. The third-order valence-electron chi connectivity index (χ3n) is 2.06. The van der Waals surface area contributed by atoms with E-state index in [9.17, 15) is 12.8 Å². The number of sulfonamides is 1. The molecule has 0 amide bonds. The van der Waals surface area contributed by atoms with Crippen LogP contribution in [0.2, 0.25) is 0 Å². The summed E-state index contributed by atoms with van der Waals surface area (Å²) < 4.78 is 38.8. The molecular weight excluding hydrogens is 299 g/mol. The highest BCUT2D eigenvalue weighted by Crippen LogP contribution is 2.25. The van der Waals surface area contributed by atoms with Gasteiger partial charge in [-0.3, -0.25) is 0 Å². The zero-order valence-electron chi connectivity index (χ0n) is 8.87. The molecule has 90 valence electrons. The van der Waals surface area contributed by atoms with Gasteiger partial charge < -0.3 is 5.73 Å². The van der Waals surface area contributed by atoms with Gasteiger partial charge in [0.05, 0.1) is 0 Å². The molecule has 16 heavy (non-hydrogen) atoms. The summed E-state index contributed by atoms with van der Waals surface area (Å²) in [6.45, 7) is -0.0543. The van der Waals surface area contributed by atoms with Crippen LogP contribution in [0, 0.1) is 5.82 Å². The first-order valence-electron chi connectivity index (χ1n) is 4.41. The van der Waals surface area contributed by atoms with E-state index >= 15 is 0 Å². The number of nitrogens with two attached hydrogens (primary N) is 1. The highest BCUT2D eigenvalue weighted by molar-refractivity contribution is 9.10. The summed E-state index contributed by atoms with van der Waals surface area (Å²) in [5.41, 5.74) is 5.50. The molecule has 0 spiro atoms. The van der Waals surface area contributed by atoms with Gasteiger partial charge in [-0.05, 0) is 12.1 Å². The van der Waals surface area contributed by atoms with E-state index in [0.717, 1.165) is 4.31 Å². The van der Waals surface area contributed by atoms with Crippen molar-refractivity contribution in [2.75, 3.05) is 14.1 Å². The minimum Gasteiger partial charge on any atom is -0.326 e. The lowest BCUT2D eigenvalue weighted by molar-refractivity contribution is 0.505. The monoisotopic (exact) mass is 310 g/mol. The highest BCUT2D eigenvalue weighted by Gasteiger charge is 2.24. The minimum absolute atomic E-state index is 0.0543. The first-order valence-corrected chi connectivity index (χ1v) is 6.64. The largest absolute Gasteiger partial charge is 0.326 e. The van der Waals surface area contributed by atoms with E-state index < -0.39 is 15.8 Å². The van der Waals surface area contributed by atoms with Gasteiger partial charge in [0.25, 0.3) is 0 Å². The molecule has 1 aromatic carbocycles. The van der Waals surface area contributed by atoms with Crippen LogP contribution in [0.4, 0.5) is 4.39 Å². The summed E-state index contributed by atoms with van der Waals surface area (Å²) in [7, 11) is -1.10. The zero-order chi connectivity index (χ0) is 12.5. The molecule has 0 bridgehead atoms. The van der Waals surface area contributed by atoms with Crippen molar-refractivity contribution in [1.82, 2.24) is 4.31 Å². The molecule has 0 aliphatic carbocycles. The fourth-order valence-corrected chi connectivity index (χ4v) is 2.83. The Bertz CT molecular complexity index is 502. The molecule has 0 aliphatic heterocycles. The maximum absolute atomic E-state index is 13.8. The first kappa shape index (κ1) is 13.6. The van der Waals surface area contributed by atoms with Crippen molar-refractivity contribution in [3.05, 3.63) is 28.0 Å². The fourth-order valence-electron chi connectivity index (χ4n) is 1.15. The quantitative estimate of drug-likeness (QED) is 0.915. The Kier molecular flexibility index (Phi) is 4.06. The standard InChI is InChI=1S/C9H12BrFN2O2S/c1-13(2)16(14,15)8-4-7(10)3-6(5-12)9(8)11/h3-4H,5,12H2,1-2H3. The molecular formula is C9H12BrFN2O2S. The zero-order valence-corrected chi connectivity index (χ0v) is 11.3. The number of hydrogen-bond acceptors (Lipinski definition) is 3. The van der Waals surface area contributed by atoms with E-state index in [1.165, 1.54) is 26.2 Å². The van der Waals surface area contributed by atoms with Crippen molar-refractivity contribution in [2.24, 2.45) is 5.73 Å². The third-order valence-corrected chi connectivity index (χ3v) is 4.33. The van der Waals surface area contributed by atoms with E-state index in [4.69, 9.17) is 5.73 Å². The van der Waals surface area contributed by atoms with E-state index in [2.05, 4.69) is 15.9 Å². The second kappa shape index (κ2) is 4.79. The maximum Gasteiger partial charge on any atom is 0.245 e. The van der Waals surface area contributed by atoms with E-state index in [0.29, 0.717) is 4.47 Å². The Balaban J connectivity index is 3.52. The van der Waals surface area contributed by atoms with Crippen molar-refractivity contribution in [3.8, 4) is 0 Å². The molecule has 1 rings (SSSR count). The predicted octanol–water partition coefficient (Wildman–Crippen LogP) is 1.30. The molecule has 0 heterocycles. The number of halogens is 2. The topological polar surface area (TPSA) is 63.4 Å². The van der Waals surface area contributed by atoms with Crippen molar-refractivity contribution >= 4 is 26.0 Å². The van der Waals surface area contributed by atoms with Gasteiger partial charge >= 0.3 is 0 Å². The van der Waals surface area contributed by atoms with E-state index in [1.54, 1.807) is 0 Å². The van der Waals surface area contributed by atoms with Crippen molar-refractivity contribution in [2.45, 2.75) is 11.4 Å². The smallest absolute Gasteiger partial charge is 0.245 e. The minimum atomic E-state index is -3.79. The lowest BCUT2D eigenvalue weighted by Crippen LogP contribution is -2.24. The van der Waals surface area contributed by atoms with Crippen LogP contribution in [-0.2, 0) is 16.6 Å². The van der Waals surface area contributed by atoms with Gasteiger partial charge in [0, 0.05) is 30.7 Å². The Morgan fingerprint density at radius 3 is 2.44 bits per heavy atom. The van der Waals surface area contributed by atoms with Crippen LogP contribution in [0.1, 0.15) is 5.56 Å². The second-order valence-corrected chi connectivity index (χ2v) is 6.40. The summed E-state index contributed by atoms with van der Waals surface area (Å²) in [4.78, 5) is -0.368. The molecule has 0 saturated heterocycles. The van der Waals surface area contributed by atoms with Crippen molar-refractivity contribution in [3.63, 3.8) is 0 Å². The first-order chi connectivity index (χ1) is 7.30. The lowest BCUT2D eigenvalue weighted by atomic mass is 10.2. The van der Waals surface area contributed by atoms with Gasteiger partial charge in [0.2, 0.25) is 10.0 Å².